The first-order chi connectivity index (χ1) is 11.7. The van der Waals surface area contributed by atoms with E-state index >= 15 is 0 Å². The number of piperidine rings is 1. The summed E-state index contributed by atoms with van der Waals surface area (Å²) in [7, 11) is 0. The molecule has 1 aromatic heterocycles. The van der Waals surface area contributed by atoms with Crippen molar-refractivity contribution < 1.29 is 4.79 Å². The zero-order valence-corrected chi connectivity index (χ0v) is 14.5. The Bertz CT molecular complexity index is 616. The summed E-state index contributed by atoms with van der Waals surface area (Å²) in [5.41, 5.74) is 1.42. The van der Waals surface area contributed by atoms with Crippen LogP contribution in [0, 0.1) is 5.92 Å². The van der Waals surface area contributed by atoms with E-state index in [1.165, 1.54) is 12.0 Å². The Hall–Kier alpha value is -2.10. The molecule has 0 N–H and O–H groups in total. The summed E-state index contributed by atoms with van der Waals surface area (Å²) < 4.78 is 2.00. The van der Waals surface area contributed by atoms with E-state index in [9.17, 15) is 4.79 Å². The first kappa shape index (κ1) is 16.7. The van der Waals surface area contributed by atoms with Gasteiger partial charge in [-0.3, -0.25) is 4.79 Å². The molecule has 1 aromatic carbocycles. The van der Waals surface area contributed by atoms with Gasteiger partial charge >= 0.3 is 0 Å². The van der Waals surface area contributed by atoms with E-state index in [4.69, 9.17) is 0 Å². The minimum Gasteiger partial charge on any atom is -0.343 e. The summed E-state index contributed by atoms with van der Waals surface area (Å²) in [6.07, 6.45) is 10.7. The second-order valence-electron chi connectivity index (χ2n) is 6.91. The lowest BCUT2D eigenvalue weighted by Gasteiger charge is -2.33. The zero-order valence-electron chi connectivity index (χ0n) is 14.5. The van der Waals surface area contributed by atoms with Crippen molar-refractivity contribution in [1.29, 1.82) is 0 Å². The third kappa shape index (κ3) is 4.47. The van der Waals surface area contributed by atoms with Crippen LogP contribution in [0.15, 0.2) is 49.1 Å². The van der Waals surface area contributed by atoms with Gasteiger partial charge in [-0.2, -0.15) is 0 Å². The number of aromatic nitrogens is 2. The van der Waals surface area contributed by atoms with Crippen molar-refractivity contribution >= 4 is 5.91 Å². The topological polar surface area (TPSA) is 38.1 Å². The molecule has 0 radical (unpaired) electrons. The quantitative estimate of drug-likeness (QED) is 0.812. The highest BCUT2D eigenvalue weighted by Crippen LogP contribution is 2.24. The van der Waals surface area contributed by atoms with E-state index < -0.39 is 0 Å². The highest BCUT2D eigenvalue weighted by atomic mass is 16.2. The molecule has 0 spiro atoms. The van der Waals surface area contributed by atoms with E-state index in [0.717, 1.165) is 38.3 Å². The first-order valence-electron chi connectivity index (χ1n) is 9.01. The number of nitrogens with zero attached hydrogens (tertiary/aromatic N) is 3. The maximum absolute atomic E-state index is 12.5. The van der Waals surface area contributed by atoms with Crippen molar-refractivity contribution in [3.8, 4) is 0 Å². The van der Waals surface area contributed by atoms with Crippen LogP contribution >= 0.6 is 0 Å². The number of imidazole rings is 1. The van der Waals surface area contributed by atoms with Gasteiger partial charge in [0.05, 0.1) is 6.33 Å². The van der Waals surface area contributed by atoms with Crippen LogP contribution in [0.3, 0.4) is 0 Å². The lowest BCUT2D eigenvalue weighted by molar-refractivity contribution is -0.133. The van der Waals surface area contributed by atoms with Gasteiger partial charge in [-0.25, -0.2) is 4.98 Å². The summed E-state index contributed by atoms with van der Waals surface area (Å²) in [6, 6.07) is 10.9. The molecule has 1 amide bonds. The minimum atomic E-state index is 0.177. The molecule has 128 valence electrons. The molecule has 4 nitrogen and oxygen atoms in total. The summed E-state index contributed by atoms with van der Waals surface area (Å²) in [4.78, 5) is 18.6. The van der Waals surface area contributed by atoms with E-state index in [1.807, 2.05) is 15.7 Å². The molecule has 1 saturated heterocycles. The fourth-order valence-corrected chi connectivity index (χ4v) is 3.50. The molecule has 4 heteroatoms. The molecular formula is C20H27N3O. The molecular weight excluding hydrogens is 298 g/mol. The summed E-state index contributed by atoms with van der Waals surface area (Å²) in [6.45, 7) is 3.90. The van der Waals surface area contributed by atoms with Gasteiger partial charge in [0.25, 0.3) is 0 Å². The standard InChI is InChI=1S/C20H27N3O/c1-17(23-14-11-21-16-23)15-20(24)22-12-9-19(10-13-22)8-7-18-5-3-2-4-6-18/h2-6,11,14,16-17,19H,7-10,12-13,15H2,1H3. The third-order valence-corrected chi connectivity index (χ3v) is 5.16. The lowest BCUT2D eigenvalue weighted by atomic mass is 9.90. The van der Waals surface area contributed by atoms with Crippen LogP contribution < -0.4 is 0 Å². The Balaban J connectivity index is 1.40. The van der Waals surface area contributed by atoms with E-state index in [2.05, 4.69) is 42.2 Å². The predicted octanol–water partition coefficient (Wildman–Crippen LogP) is 3.71. The molecule has 24 heavy (non-hydrogen) atoms. The second-order valence-corrected chi connectivity index (χ2v) is 6.91. The molecule has 1 aliphatic rings. The number of benzene rings is 1. The van der Waals surface area contributed by atoms with Crippen LogP contribution in [0.5, 0.6) is 0 Å². The highest BCUT2D eigenvalue weighted by Gasteiger charge is 2.23. The summed E-state index contributed by atoms with van der Waals surface area (Å²) >= 11 is 0. The number of aryl methyl sites for hydroxylation is 1. The van der Waals surface area contributed by atoms with Crippen LogP contribution in [-0.2, 0) is 11.2 Å². The summed E-state index contributed by atoms with van der Waals surface area (Å²) in [5.74, 6) is 1.03. The van der Waals surface area contributed by atoms with Gasteiger partial charge in [-0.15, -0.1) is 0 Å². The maximum Gasteiger partial charge on any atom is 0.224 e. The highest BCUT2D eigenvalue weighted by molar-refractivity contribution is 5.76. The van der Waals surface area contributed by atoms with Crippen LogP contribution in [0.25, 0.3) is 0 Å². The maximum atomic E-state index is 12.5. The zero-order chi connectivity index (χ0) is 16.8. The Labute approximate surface area is 144 Å². The molecule has 1 unspecified atom stereocenters. The normalized spacial score (nSPS) is 17.0. The first-order valence-corrected chi connectivity index (χ1v) is 9.01. The van der Waals surface area contributed by atoms with Gasteiger partial charge in [0.15, 0.2) is 0 Å². The molecule has 2 aromatic rings. The SMILES string of the molecule is CC(CC(=O)N1CCC(CCc2ccccc2)CC1)n1ccnc1. The Morgan fingerprint density at radius 3 is 2.67 bits per heavy atom. The van der Waals surface area contributed by atoms with Crippen LogP contribution in [-0.4, -0.2) is 33.4 Å². The number of likely N-dealkylation sites (tertiary alicyclic amines) is 1. The van der Waals surface area contributed by atoms with E-state index in [-0.39, 0.29) is 11.9 Å². The number of hydrogen-bond donors (Lipinski definition) is 0. The number of hydrogen-bond acceptors (Lipinski definition) is 2. The molecule has 0 aliphatic carbocycles. The number of rotatable bonds is 6. The molecule has 1 fully saturated rings. The van der Waals surface area contributed by atoms with Crippen LogP contribution in [0.1, 0.15) is 44.2 Å². The average molecular weight is 325 g/mol. The number of amides is 1. The monoisotopic (exact) mass is 325 g/mol. The van der Waals surface area contributed by atoms with Crippen molar-refractivity contribution in [2.24, 2.45) is 5.92 Å². The molecule has 1 aliphatic heterocycles. The smallest absolute Gasteiger partial charge is 0.224 e. The molecule has 0 saturated carbocycles. The van der Waals surface area contributed by atoms with Gasteiger partial charge in [0, 0.05) is 37.9 Å². The third-order valence-electron chi connectivity index (χ3n) is 5.16. The number of carbonyl (C=O) groups is 1. The van der Waals surface area contributed by atoms with Crippen molar-refractivity contribution in [2.75, 3.05) is 13.1 Å². The van der Waals surface area contributed by atoms with E-state index in [1.54, 1.807) is 12.5 Å². The Morgan fingerprint density at radius 2 is 2.00 bits per heavy atom. The van der Waals surface area contributed by atoms with Gasteiger partial charge in [-0.1, -0.05) is 30.3 Å². The Morgan fingerprint density at radius 1 is 1.25 bits per heavy atom. The van der Waals surface area contributed by atoms with Crippen LogP contribution in [0.4, 0.5) is 0 Å². The largest absolute Gasteiger partial charge is 0.343 e. The van der Waals surface area contributed by atoms with Crippen molar-refractivity contribution in [1.82, 2.24) is 14.5 Å². The van der Waals surface area contributed by atoms with Crippen molar-refractivity contribution in [3.05, 3.63) is 54.6 Å². The fourth-order valence-electron chi connectivity index (χ4n) is 3.50. The fraction of sp³-hybridized carbons (Fsp3) is 0.500. The molecule has 1 atom stereocenters. The predicted molar refractivity (Wildman–Crippen MR) is 95.6 cm³/mol. The summed E-state index contributed by atoms with van der Waals surface area (Å²) in [5, 5.41) is 0. The van der Waals surface area contributed by atoms with Gasteiger partial charge < -0.3 is 9.47 Å². The van der Waals surface area contributed by atoms with Gasteiger partial charge in [0.2, 0.25) is 5.91 Å². The molecule has 0 bridgehead atoms. The molecule has 2 heterocycles. The average Bonchev–Trinajstić information content (AvgIpc) is 3.16. The molecule has 3 rings (SSSR count). The van der Waals surface area contributed by atoms with E-state index in [0.29, 0.717) is 6.42 Å². The van der Waals surface area contributed by atoms with Gasteiger partial charge in [-0.05, 0) is 44.1 Å². The number of carbonyl (C=O) groups excluding carboxylic acids is 1. The second kappa shape index (κ2) is 8.13. The lowest BCUT2D eigenvalue weighted by Crippen LogP contribution is -2.39. The van der Waals surface area contributed by atoms with Crippen molar-refractivity contribution in [3.63, 3.8) is 0 Å². The van der Waals surface area contributed by atoms with Gasteiger partial charge in [0.1, 0.15) is 0 Å². The Kier molecular flexibility index (Phi) is 5.68. The van der Waals surface area contributed by atoms with Crippen LogP contribution in [0.2, 0.25) is 0 Å². The van der Waals surface area contributed by atoms with Crippen molar-refractivity contribution in [2.45, 2.75) is 45.1 Å². The minimum absolute atomic E-state index is 0.177.